The third kappa shape index (κ3) is 1.71. The molecule has 2 aromatic carbocycles. The summed E-state index contributed by atoms with van der Waals surface area (Å²) in [6, 6.07) is 11.3. The molecule has 2 rings (SSSR count). The Morgan fingerprint density at radius 2 is 2.00 bits per heavy atom. The van der Waals surface area contributed by atoms with Gasteiger partial charge in [-0.2, -0.15) is 4.99 Å². The first-order chi connectivity index (χ1) is 7.36. The molecule has 3 heteroatoms. The molecule has 0 atom stereocenters. The van der Waals surface area contributed by atoms with Crippen LogP contribution in [0.25, 0.3) is 10.8 Å². The summed E-state index contributed by atoms with van der Waals surface area (Å²) >= 11 is 4.57. The van der Waals surface area contributed by atoms with E-state index < -0.39 is 0 Å². The van der Waals surface area contributed by atoms with E-state index in [-0.39, 0.29) is 0 Å². The highest BCUT2D eigenvalue weighted by Gasteiger charge is 2.04. The summed E-state index contributed by atoms with van der Waals surface area (Å²) in [5.74, 6) is 0. The Hall–Kier alpha value is -1.83. The van der Waals surface area contributed by atoms with Gasteiger partial charge in [-0.25, -0.2) is 0 Å². The summed E-state index contributed by atoms with van der Waals surface area (Å²) in [6.45, 7) is 0. The first kappa shape index (κ1) is 9.71. The van der Waals surface area contributed by atoms with Gasteiger partial charge in [0.05, 0.1) is 10.8 Å². The van der Waals surface area contributed by atoms with Gasteiger partial charge in [0, 0.05) is 10.9 Å². The quantitative estimate of drug-likeness (QED) is 0.434. The van der Waals surface area contributed by atoms with Gasteiger partial charge in [0.1, 0.15) is 0 Å². The monoisotopic (exact) mass is 213 g/mol. The van der Waals surface area contributed by atoms with Crippen molar-refractivity contribution in [2.75, 3.05) is 0 Å². The van der Waals surface area contributed by atoms with Crippen molar-refractivity contribution in [3.63, 3.8) is 0 Å². The molecule has 0 saturated heterocycles. The van der Waals surface area contributed by atoms with E-state index in [2.05, 4.69) is 22.4 Å². The van der Waals surface area contributed by atoms with Crippen molar-refractivity contribution in [1.29, 1.82) is 0 Å². The third-order valence-electron chi connectivity index (χ3n) is 2.22. The maximum Gasteiger partial charge on any atom is 0.152 e. The van der Waals surface area contributed by atoms with Gasteiger partial charge in [-0.1, -0.05) is 30.3 Å². The maximum atomic E-state index is 10.8. The van der Waals surface area contributed by atoms with Gasteiger partial charge >= 0.3 is 0 Å². The first-order valence-corrected chi connectivity index (χ1v) is 4.82. The Balaban J connectivity index is 2.90. The fourth-order valence-corrected chi connectivity index (χ4v) is 1.63. The van der Waals surface area contributed by atoms with Crippen molar-refractivity contribution in [3.05, 3.63) is 42.0 Å². The number of nitrogens with zero attached hydrogens (tertiary/aromatic N) is 1. The summed E-state index contributed by atoms with van der Waals surface area (Å²) in [4.78, 5) is 14.8. The summed E-state index contributed by atoms with van der Waals surface area (Å²) in [5, 5.41) is 4.25. The van der Waals surface area contributed by atoms with Crippen LogP contribution in [0.1, 0.15) is 10.4 Å². The average Bonchev–Trinajstić information content (AvgIpc) is 2.30. The minimum absolute atomic E-state index is 0.533. The van der Waals surface area contributed by atoms with Crippen LogP contribution in [0.4, 0.5) is 5.69 Å². The smallest absolute Gasteiger partial charge is 0.152 e. The molecule has 2 aromatic rings. The molecular formula is C12H7NOS. The zero-order valence-electron chi connectivity index (χ0n) is 7.81. The molecule has 0 heterocycles. The van der Waals surface area contributed by atoms with Gasteiger partial charge in [0.15, 0.2) is 6.29 Å². The highest BCUT2D eigenvalue weighted by molar-refractivity contribution is 7.78. The summed E-state index contributed by atoms with van der Waals surface area (Å²) in [5.41, 5.74) is 1.13. The van der Waals surface area contributed by atoms with Crippen LogP contribution in [0, 0.1) is 0 Å². The number of hydrogen-bond acceptors (Lipinski definition) is 3. The van der Waals surface area contributed by atoms with Crippen molar-refractivity contribution in [3.8, 4) is 0 Å². The lowest BCUT2D eigenvalue weighted by molar-refractivity contribution is 0.112. The van der Waals surface area contributed by atoms with Crippen LogP contribution in [-0.4, -0.2) is 11.4 Å². The van der Waals surface area contributed by atoms with E-state index in [1.54, 1.807) is 6.07 Å². The highest BCUT2D eigenvalue weighted by Crippen LogP contribution is 2.28. The lowest BCUT2D eigenvalue weighted by Gasteiger charge is -2.02. The second-order valence-corrected chi connectivity index (χ2v) is 3.23. The molecule has 72 valence electrons. The highest BCUT2D eigenvalue weighted by atomic mass is 32.1. The van der Waals surface area contributed by atoms with Gasteiger partial charge in [0.2, 0.25) is 0 Å². The minimum atomic E-state index is 0.533. The molecule has 0 unspecified atom stereocenters. The van der Waals surface area contributed by atoms with Crippen LogP contribution >= 0.6 is 12.2 Å². The summed E-state index contributed by atoms with van der Waals surface area (Å²) < 4.78 is 0. The molecule has 0 N–H and O–H groups in total. The van der Waals surface area contributed by atoms with E-state index in [9.17, 15) is 4.79 Å². The maximum absolute atomic E-state index is 10.8. The molecule has 0 spiro atoms. The van der Waals surface area contributed by atoms with Crippen LogP contribution in [0.5, 0.6) is 0 Å². The topological polar surface area (TPSA) is 29.4 Å². The van der Waals surface area contributed by atoms with E-state index in [0.717, 1.165) is 17.1 Å². The Bertz CT molecular complexity index is 571. The zero-order valence-corrected chi connectivity index (χ0v) is 8.62. The lowest BCUT2D eigenvalue weighted by atomic mass is 10.1. The van der Waals surface area contributed by atoms with E-state index in [1.165, 1.54) is 0 Å². The van der Waals surface area contributed by atoms with Gasteiger partial charge in [0.25, 0.3) is 0 Å². The molecular weight excluding hydrogens is 206 g/mol. The zero-order chi connectivity index (χ0) is 10.7. The molecule has 0 aromatic heterocycles. The summed E-state index contributed by atoms with van der Waals surface area (Å²) in [6.07, 6.45) is 0.776. The predicted octanol–water partition coefficient (Wildman–Crippen LogP) is 3.39. The minimum Gasteiger partial charge on any atom is -0.298 e. The lowest BCUT2D eigenvalue weighted by Crippen LogP contribution is -1.82. The van der Waals surface area contributed by atoms with Crippen molar-refractivity contribution in [1.82, 2.24) is 0 Å². The van der Waals surface area contributed by atoms with Crippen molar-refractivity contribution >= 4 is 40.1 Å². The SMILES string of the molecule is O=Cc1ccc2ccccc2c1N=C=S. The molecule has 0 aliphatic rings. The van der Waals surface area contributed by atoms with Crippen molar-refractivity contribution in [2.24, 2.45) is 4.99 Å². The molecule has 0 saturated carbocycles. The molecule has 0 bridgehead atoms. The summed E-state index contributed by atoms with van der Waals surface area (Å²) in [7, 11) is 0. The number of benzene rings is 2. The second kappa shape index (κ2) is 4.13. The number of aliphatic imine (C=N–C) groups is 1. The number of thiocarbonyl (C=S) groups is 1. The largest absolute Gasteiger partial charge is 0.298 e. The van der Waals surface area contributed by atoms with E-state index in [0.29, 0.717) is 11.3 Å². The van der Waals surface area contributed by atoms with Crippen LogP contribution in [0.2, 0.25) is 0 Å². The van der Waals surface area contributed by atoms with Gasteiger partial charge < -0.3 is 0 Å². The molecule has 2 nitrogen and oxygen atoms in total. The van der Waals surface area contributed by atoms with Crippen molar-refractivity contribution in [2.45, 2.75) is 0 Å². The fraction of sp³-hybridized carbons (Fsp3) is 0. The van der Waals surface area contributed by atoms with Crippen LogP contribution in [-0.2, 0) is 0 Å². The average molecular weight is 213 g/mol. The van der Waals surface area contributed by atoms with Crippen LogP contribution in [0.15, 0.2) is 41.4 Å². The van der Waals surface area contributed by atoms with Gasteiger partial charge in [-0.15, -0.1) is 0 Å². The first-order valence-electron chi connectivity index (χ1n) is 4.41. The Kier molecular flexibility index (Phi) is 2.68. The molecule has 0 aliphatic carbocycles. The van der Waals surface area contributed by atoms with Gasteiger partial charge in [-0.3, -0.25) is 4.79 Å². The Morgan fingerprint density at radius 1 is 1.20 bits per heavy atom. The standard InChI is InChI=1S/C12H7NOS/c14-7-10-6-5-9-3-1-2-4-11(9)12(10)13-8-15/h1-7H. The van der Waals surface area contributed by atoms with E-state index >= 15 is 0 Å². The van der Waals surface area contributed by atoms with E-state index in [4.69, 9.17) is 0 Å². The van der Waals surface area contributed by atoms with Crippen molar-refractivity contribution < 1.29 is 4.79 Å². The predicted molar refractivity (Wildman–Crippen MR) is 64.0 cm³/mol. The third-order valence-corrected chi connectivity index (χ3v) is 2.31. The number of rotatable bonds is 2. The second-order valence-electron chi connectivity index (χ2n) is 3.05. The molecule has 15 heavy (non-hydrogen) atoms. The number of carbonyl (C=O) groups excluding carboxylic acids is 1. The Labute approximate surface area is 92.3 Å². The molecule has 0 fully saturated rings. The van der Waals surface area contributed by atoms with Crippen LogP contribution in [0.3, 0.4) is 0 Å². The molecule has 0 aliphatic heterocycles. The molecule has 0 radical (unpaired) electrons. The number of hydrogen-bond donors (Lipinski definition) is 0. The number of isothiocyanates is 1. The van der Waals surface area contributed by atoms with Gasteiger partial charge in [-0.05, 0) is 23.7 Å². The van der Waals surface area contributed by atoms with Crippen LogP contribution < -0.4 is 0 Å². The number of aldehydes is 1. The van der Waals surface area contributed by atoms with E-state index in [1.807, 2.05) is 30.3 Å². The number of carbonyl (C=O) groups is 1. The normalized spacial score (nSPS) is 9.60. The fourth-order valence-electron chi connectivity index (χ4n) is 1.54. The Morgan fingerprint density at radius 3 is 2.73 bits per heavy atom. The molecule has 0 amide bonds. The number of fused-ring (bicyclic) bond motifs is 1.